The van der Waals surface area contributed by atoms with Crippen molar-refractivity contribution in [2.75, 3.05) is 13.1 Å². The van der Waals surface area contributed by atoms with Crippen molar-refractivity contribution in [3.05, 3.63) is 72.7 Å². The topological polar surface area (TPSA) is 60.2 Å². The van der Waals surface area contributed by atoms with Crippen LogP contribution in [0.15, 0.2) is 67.1 Å². The van der Waals surface area contributed by atoms with Gasteiger partial charge in [-0.3, -0.25) is 4.79 Å². The van der Waals surface area contributed by atoms with E-state index in [0.717, 1.165) is 18.5 Å². The van der Waals surface area contributed by atoms with Gasteiger partial charge in [0.1, 0.15) is 6.10 Å². The van der Waals surface area contributed by atoms with Crippen LogP contribution >= 0.6 is 0 Å². The predicted octanol–water partition coefficient (Wildman–Crippen LogP) is 2.95. The summed E-state index contributed by atoms with van der Waals surface area (Å²) >= 11 is 0. The third-order valence-electron chi connectivity index (χ3n) is 4.54. The summed E-state index contributed by atoms with van der Waals surface area (Å²) in [5.41, 5.74) is 1.64. The van der Waals surface area contributed by atoms with Crippen molar-refractivity contribution >= 4 is 5.91 Å². The number of rotatable bonds is 4. The molecule has 0 spiro atoms. The first kappa shape index (κ1) is 16.3. The van der Waals surface area contributed by atoms with Crippen molar-refractivity contribution in [3.8, 4) is 11.6 Å². The number of ether oxygens (including phenoxy) is 1. The van der Waals surface area contributed by atoms with Gasteiger partial charge in [-0.2, -0.15) is 5.10 Å². The smallest absolute Gasteiger partial charge is 0.253 e. The highest BCUT2D eigenvalue weighted by Gasteiger charge is 2.24. The number of piperidine rings is 1. The van der Waals surface area contributed by atoms with Crippen molar-refractivity contribution in [3.63, 3.8) is 0 Å². The first-order valence-electron chi connectivity index (χ1n) is 8.77. The van der Waals surface area contributed by atoms with Crippen LogP contribution in [0, 0.1) is 0 Å². The van der Waals surface area contributed by atoms with Crippen molar-refractivity contribution in [1.82, 2.24) is 19.7 Å². The largest absolute Gasteiger partial charge is 0.474 e. The zero-order valence-electron chi connectivity index (χ0n) is 14.4. The Morgan fingerprint density at radius 2 is 1.81 bits per heavy atom. The fraction of sp³-hybridized carbons (Fsp3) is 0.250. The van der Waals surface area contributed by atoms with Gasteiger partial charge in [-0.05, 0) is 36.4 Å². The molecule has 3 heterocycles. The van der Waals surface area contributed by atoms with E-state index in [1.807, 2.05) is 59.6 Å². The molecule has 6 heteroatoms. The fourth-order valence-electron chi connectivity index (χ4n) is 3.13. The lowest BCUT2D eigenvalue weighted by Gasteiger charge is -2.32. The normalized spacial score (nSPS) is 15.0. The molecule has 1 aliphatic heterocycles. The SMILES string of the molecule is O=C(c1ccc(-n2cccn2)cc1)N1CCC(Oc2ccccn2)CC1. The molecule has 26 heavy (non-hydrogen) atoms. The standard InChI is InChI=1S/C20H20N4O2/c25-20(16-5-7-17(8-6-16)24-13-3-12-22-24)23-14-9-18(10-15-23)26-19-4-1-2-11-21-19/h1-8,11-13,18H,9-10,14-15H2. The minimum Gasteiger partial charge on any atom is -0.474 e. The lowest BCUT2D eigenvalue weighted by molar-refractivity contribution is 0.0588. The molecule has 6 nitrogen and oxygen atoms in total. The lowest BCUT2D eigenvalue weighted by atomic mass is 10.1. The Morgan fingerprint density at radius 3 is 2.46 bits per heavy atom. The molecule has 0 radical (unpaired) electrons. The molecule has 0 aliphatic carbocycles. The molecule has 1 aliphatic rings. The zero-order chi connectivity index (χ0) is 17.8. The molecular weight excluding hydrogens is 328 g/mol. The maximum Gasteiger partial charge on any atom is 0.253 e. The Hall–Kier alpha value is -3.15. The van der Waals surface area contributed by atoms with Crippen LogP contribution in [0.3, 0.4) is 0 Å². The Labute approximate surface area is 152 Å². The van der Waals surface area contributed by atoms with E-state index in [-0.39, 0.29) is 12.0 Å². The molecular formula is C20H20N4O2. The summed E-state index contributed by atoms with van der Waals surface area (Å²) in [6.07, 6.45) is 7.07. The van der Waals surface area contributed by atoms with Gasteiger partial charge in [0.25, 0.3) is 5.91 Å². The molecule has 3 aromatic rings. The van der Waals surface area contributed by atoms with E-state index < -0.39 is 0 Å². The highest BCUT2D eigenvalue weighted by molar-refractivity contribution is 5.94. The second-order valence-corrected chi connectivity index (χ2v) is 6.27. The number of nitrogens with zero attached hydrogens (tertiary/aromatic N) is 4. The van der Waals surface area contributed by atoms with Crippen LogP contribution in [0.2, 0.25) is 0 Å². The number of carbonyl (C=O) groups is 1. The average Bonchev–Trinajstić information content (AvgIpc) is 3.24. The van der Waals surface area contributed by atoms with Gasteiger partial charge in [0, 0.05) is 56.2 Å². The first-order chi connectivity index (χ1) is 12.8. The van der Waals surface area contributed by atoms with Crippen LogP contribution in [0.4, 0.5) is 0 Å². The molecule has 1 aromatic carbocycles. The van der Waals surface area contributed by atoms with Crippen LogP contribution in [0.25, 0.3) is 5.69 Å². The molecule has 4 rings (SSSR count). The van der Waals surface area contributed by atoms with Crippen LogP contribution in [0.1, 0.15) is 23.2 Å². The second-order valence-electron chi connectivity index (χ2n) is 6.27. The zero-order valence-corrected chi connectivity index (χ0v) is 14.4. The van der Waals surface area contributed by atoms with E-state index >= 15 is 0 Å². The van der Waals surface area contributed by atoms with Crippen LogP contribution < -0.4 is 4.74 Å². The maximum atomic E-state index is 12.7. The van der Waals surface area contributed by atoms with Crippen LogP contribution in [-0.2, 0) is 0 Å². The molecule has 132 valence electrons. The molecule has 0 atom stereocenters. The molecule has 0 bridgehead atoms. The van der Waals surface area contributed by atoms with Crippen LogP contribution in [-0.4, -0.2) is 44.8 Å². The summed E-state index contributed by atoms with van der Waals surface area (Å²) < 4.78 is 7.66. The predicted molar refractivity (Wildman–Crippen MR) is 97.4 cm³/mol. The van der Waals surface area contributed by atoms with Crippen LogP contribution in [0.5, 0.6) is 5.88 Å². The van der Waals surface area contributed by atoms with Crippen molar-refractivity contribution < 1.29 is 9.53 Å². The Kier molecular flexibility index (Phi) is 4.64. The minimum absolute atomic E-state index is 0.0632. The molecule has 0 N–H and O–H groups in total. The summed E-state index contributed by atoms with van der Waals surface area (Å²) in [4.78, 5) is 18.8. The van der Waals surface area contributed by atoms with E-state index in [1.165, 1.54) is 0 Å². The van der Waals surface area contributed by atoms with Gasteiger partial charge in [0.05, 0.1) is 5.69 Å². The monoisotopic (exact) mass is 348 g/mol. The summed E-state index contributed by atoms with van der Waals surface area (Å²) in [5.74, 6) is 0.708. The third-order valence-corrected chi connectivity index (χ3v) is 4.54. The van der Waals surface area contributed by atoms with Crippen molar-refractivity contribution in [2.24, 2.45) is 0 Å². The van der Waals surface area contributed by atoms with E-state index in [1.54, 1.807) is 17.1 Å². The highest BCUT2D eigenvalue weighted by atomic mass is 16.5. The summed E-state index contributed by atoms with van der Waals surface area (Å²) in [7, 11) is 0. The molecule has 0 saturated carbocycles. The van der Waals surface area contributed by atoms with Gasteiger partial charge in [-0.15, -0.1) is 0 Å². The number of hydrogen-bond donors (Lipinski definition) is 0. The molecule has 0 unspecified atom stereocenters. The van der Waals surface area contributed by atoms with Gasteiger partial charge in [-0.25, -0.2) is 9.67 Å². The van der Waals surface area contributed by atoms with Gasteiger partial charge >= 0.3 is 0 Å². The van der Waals surface area contributed by atoms with Crippen molar-refractivity contribution in [2.45, 2.75) is 18.9 Å². The maximum absolute atomic E-state index is 12.7. The van der Waals surface area contributed by atoms with Crippen molar-refractivity contribution in [1.29, 1.82) is 0 Å². The summed E-state index contributed by atoms with van der Waals surface area (Å²) in [6.45, 7) is 1.38. The molecule has 1 fully saturated rings. The van der Waals surface area contributed by atoms with Gasteiger partial charge in [0.2, 0.25) is 5.88 Å². The van der Waals surface area contributed by atoms with Gasteiger partial charge in [0.15, 0.2) is 0 Å². The van der Waals surface area contributed by atoms with Gasteiger partial charge < -0.3 is 9.64 Å². The number of amides is 1. The number of likely N-dealkylation sites (tertiary alicyclic amines) is 1. The average molecular weight is 348 g/mol. The molecule has 1 saturated heterocycles. The minimum atomic E-state index is 0.0632. The molecule has 2 aromatic heterocycles. The van der Waals surface area contributed by atoms with E-state index in [4.69, 9.17) is 4.74 Å². The quantitative estimate of drug-likeness (QED) is 0.727. The second kappa shape index (κ2) is 7.39. The Balaban J connectivity index is 1.34. The molecule has 1 amide bonds. The number of hydrogen-bond acceptors (Lipinski definition) is 4. The number of aromatic nitrogens is 3. The third kappa shape index (κ3) is 3.59. The summed E-state index contributed by atoms with van der Waals surface area (Å²) in [6, 6.07) is 15.1. The van der Waals surface area contributed by atoms with E-state index in [2.05, 4.69) is 10.1 Å². The highest BCUT2D eigenvalue weighted by Crippen LogP contribution is 2.19. The van der Waals surface area contributed by atoms with E-state index in [9.17, 15) is 4.79 Å². The number of pyridine rings is 1. The Morgan fingerprint density at radius 1 is 1.00 bits per heavy atom. The number of carbonyl (C=O) groups excluding carboxylic acids is 1. The number of benzene rings is 1. The lowest BCUT2D eigenvalue weighted by Crippen LogP contribution is -2.41. The Bertz CT molecular complexity index is 839. The van der Waals surface area contributed by atoms with E-state index in [0.29, 0.717) is 24.5 Å². The first-order valence-corrected chi connectivity index (χ1v) is 8.77. The fourth-order valence-corrected chi connectivity index (χ4v) is 3.13. The van der Waals surface area contributed by atoms with Gasteiger partial charge in [-0.1, -0.05) is 6.07 Å². The summed E-state index contributed by atoms with van der Waals surface area (Å²) in [5, 5.41) is 4.20.